The molecule has 0 bridgehead atoms. The zero-order valence-electron chi connectivity index (χ0n) is 17.1. The number of benzene rings is 1. The molecule has 1 aliphatic carbocycles. The summed E-state index contributed by atoms with van der Waals surface area (Å²) in [5.74, 6) is 1.05. The Morgan fingerprint density at radius 3 is 2.52 bits per heavy atom. The molecule has 0 radical (unpaired) electrons. The summed E-state index contributed by atoms with van der Waals surface area (Å²) in [5.41, 5.74) is 1.20. The van der Waals surface area contributed by atoms with E-state index < -0.39 is 11.6 Å². The van der Waals surface area contributed by atoms with Crippen molar-refractivity contribution in [3.63, 3.8) is 0 Å². The van der Waals surface area contributed by atoms with Crippen LogP contribution < -0.4 is 15.1 Å². The maximum atomic E-state index is 12.2. The number of amides is 2. The highest BCUT2D eigenvalue weighted by atomic mass is 16.6. The van der Waals surface area contributed by atoms with Crippen molar-refractivity contribution in [2.45, 2.75) is 18.6 Å². The zero-order chi connectivity index (χ0) is 21.6. The van der Waals surface area contributed by atoms with Crippen LogP contribution in [-0.4, -0.2) is 54.3 Å². The highest BCUT2D eigenvalue weighted by Crippen LogP contribution is 2.64. The molecular formula is C22H22N6O3. The molecule has 2 amide bonds. The minimum Gasteiger partial charge on any atom is -0.442 e. The number of nitrogens with zero attached hydrogens (tertiary/aromatic N) is 5. The van der Waals surface area contributed by atoms with Gasteiger partial charge in [-0.1, -0.05) is 0 Å². The normalized spacial score (nSPS) is 28.6. The summed E-state index contributed by atoms with van der Waals surface area (Å²) >= 11 is 0. The molecule has 3 fully saturated rings. The van der Waals surface area contributed by atoms with Crippen molar-refractivity contribution >= 4 is 23.6 Å². The summed E-state index contributed by atoms with van der Waals surface area (Å²) in [6.45, 7) is 11.5. The Hall–Kier alpha value is -3.67. The van der Waals surface area contributed by atoms with Gasteiger partial charge in [0.15, 0.2) is 0 Å². The number of rotatable bonds is 5. The first-order valence-corrected chi connectivity index (χ1v) is 10.3. The van der Waals surface area contributed by atoms with Crippen LogP contribution in [0.15, 0.2) is 42.7 Å². The summed E-state index contributed by atoms with van der Waals surface area (Å²) in [5, 5.41) is 2.67. The van der Waals surface area contributed by atoms with Gasteiger partial charge in [0.2, 0.25) is 11.9 Å². The fraction of sp³-hybridized carbons (Fsp3) is 0.409. The van der Waals surface area contributed by atoms with Gasteiger partial charge in [-0.3, -0.25) is 9.69 Å². The van der Waals surface area contributed by atoms with Crippen molar-refractivity contribution < 1.29 is 14.3 Å². The van der Waals surface area contributed by atoms with Crippen molar-refractivity contribution in [3.8, 4) is 0 Å². The third-order valence-electron chi connectivity index (χ3n) is 6.46. The van der Waals surface area contributed by atoms with Gasteiger partial charge in [-0.15, -0.1) is 0 Å². The molecular weight excluding hydrogens is 396 g/mol. The molecule has 1 unspecified atom stereocenters. The van der Waals surface area contributed by atoms with Gasteiger partial charge in [-0.25, -0.2) is 21.3 Å². The van der Waals surface area contributed by atoms with Gasteiger partial charge in [0, 0.05) is 43.7 Å². The molecule has 1 saturated carbocycles. The van der Waals surface area contributed by atoms with Crippen LogP contribution in [-0.2, 0) is 15.1 Å². The lowest BCUT2D eigenvalue weighted by Gasteiger charge is -2.21. The van der Waals surface area contributed by atoms with Crippen LogP contribution in [0.5, 0.6) is 0 Å². The summed E-state index contributed by atoms with van der Waals surface area (Å²) in [4.78, 5) is 39.7. The number of ether oxygens (including phenoxy) is 1. The average molecular weight is 418 g/mol. The van der Waals surface area contributed by atoms with E-state index in [4.69, 9.17) is 11.3 Å². The molecule has 1 aromatic carbocycles. The number of fused-ring (bicyclic) bond motifs is 1. The quantitative estimate of drug-likeness (QED) is 0.745. The molecule has 2 aromatic rings. The van der Waals surface area contributed by atoms with Crippen LogP contribution in [0.1, 0.15) is 12.5 Å². The van der Waals surface area contributed by atoms with Crippen molar-refractivity contribution in [2.75, 3.05) is 36.0 Å². The Balaban J connectivity index is 1.27. The number of hydrogen-bond acceptors (Lipinski definition) is 6. The molecule has 2 aliphatic heterocycles. The van der Waals surface area contributed by atoms with E-state index in [9.17, 15) is 9.59 Å². The smallest absolute Gasteiger partial charge is 0.414 e. The predicted molar refractivity (Wildman–Crippen MR) is 112 cm³/mol. The lowest BCUT2D eigenvalue weighted by atomic mass is 9.99. The van der Waals surface area contributed by atoms with Gasteiger partial charge in [0.25, 0.3) is 5.54 Å². The van der Waals surface area contributed by atoms with E-state index in [0.717, 1.165) is 24.3 Å². The number of anilines is 2. The molecule has 5 rings (SSSR count). The summed E-state index contributed by atoms with van der Waals surface area (Å²) in [7, 11) is 0. The standard InChI is InChI=1S/C22H22N6O3/c1-14(29)26-10-17-11-28(21(30)31-17)16-6-4-15(5-7-16)22(23-2)18-12-27(13-19(18)22)20-24-8-3-9-25-20/h3-9,17-19H,10-13H2,1H3,(H,26,29)/t17-,18-,19+,22?/m0/s1. The Morgan fingerprint density at radius 2 is 1.90 bits per heavy atom. The van der Waals surface area contributed by atoms with Crippen molar-refractivity contribution in [2.24, 2.45) is 11.8 Å². The second-order valence-corrected chi connectivity index (χ2v) is 8.20. The molecule has 1 aromatic heterocycles. The van der Waals surface area contributed by atoms with E-state index in [1.807, 2.05) is 24.3 Å². The molecule has 2 saturated heterocycles. The van der Waals surface area contributed by atoms with E-state index in [2.05, 4.69) is 25.0 Å². The molecule has 4 atom stereocenters. The molecule has 9 heteroatoms. The van der Waals surface area contributed by atoms with Gasteiger partial charge in [-0.05, 0) is 30.3 Å². The van der Waals surface area contributed by atoms with Crippen molar-refractivity contribution in [3.05, 3.63) is 59.7 Å². The topological polar surface area (TPSA) is 92.0 Å². The van der Waals surface area contributed by atoms with Gasteiger partial charge in [0.1, 0.15) is 6.10 Å². The van der Waals surface area contributed by atoms with E-state index in [0.29, 0.717) is 19.0 Å². The molecule has 3 heterocycles. The van der Waals surface area contributed by atoms with Crippen molar-refractivity contribution in [1.29, 1.82) is 0 Å². The minimum absolute atomic E-state index is 0.157. The number of nitrogens with one attached hydrogen (secondary N) is 1. The van der Waals surface area contributed by atoms with Crippen LogP contribution in [0.3, 0.4) is 0 Å². The molecule has 1 N–H and O–H groups in total. The predicted octanol–water partition coefficient (Wildman–Crippen LogP) is 1.82. The largest absolute Gasteiger partial charge is 0.442 e. The maximum absolute atomic E-state index is 12.2. The maximum Gasteiger partial charge on any atom is 0.414 e. The first kappa shape index (κ1) is 19.3. The van der Waals surface area contributed by atoms with Crippen molar-refractivity contribution in [1.82, 2.24) is 15.3 Å². The SMILES string of the molecule is [C-]#[N+]C1(c2ccc(N3C[C@H](CNC(C)=O)OC3=O)cc2)[C@@H]2CN(c3ncccn3)C[C@@H]21. The van der Waals surface area contributed by atoms with Crippen LogP contribution in [0.2, 0.25) is 0 Å². The van der Waals surface area contributed by atoms with E-state index in [1.54, 1.807) is 23.4 Å². The van der Waals surface area contributed by atoms with Gasteiger partial charge in [-0.2, -0.15) is 0 Å². The molecule has 3 aliphatic rings. The number of cyclic esters (lactones) is 1. The molecule has 9 nitrogen and oxygen atoms in total. The zero-order valence-corrected chi connectivity index (χ0v) is 17.1. The number of aromatic nitrogens is 2. The number of piperidine rings is 1. The summed E-state index contributed by atoms with van der Waals surface area (Å²) in [6.07, 6.45) is 2.67. The lowest BCUT2D eigenvalue weighted by molar-refractivity contribution is -0.119. The fourth-order valence-corrected chi connectivity index (χ4v) is 4.88. The minimum atomic E-state index is -0.511. The van der Waals surface area contributed by atoms with Crippen LogP contribution in [0.25, 0.3) is 4.85 Å². The van der Waals surface area contributed by atoms with Crippen LogP contribution >= 0.6 is 0 Å². The molecule has 158 valence electrons. The van der Waals surface area contributed by atoms with E-state index in [-0.39, 0.29) is 23.8 Å². The Labute approximate surface area is 179 Å². The average Bonchev–Trinajstić information content (AvgIpc) is 3.09. The van der Waals surface area contributed by atoms with Gasteiger partial charge < -0.3 is 19.8 Å². The highest BCUT2D eigenvalue weighted by molar-refractivity contribution is 5.89. The third-order valence-corrected chi connectivity index (χ3v) is 6.46. The third kappa shape index (κ3) is 3.15. The molecule has 0 spiro atoms. The molecule has 31 heavy (non-hydrogen) atoms. The highest BCUT2D eigenvalue weighted by Gasteiger charge is 2.77. The summed E-state index contributed by atoms with van der Waals surface area (Å²) in [6, 6.07) is 9.43. The summed E-state index contributed by atoms with van der Waals surface area (Å²) < 4.78 is 5.33. The lowest BCUT2D eigenvalue weighted by Crippen LogP contribution is -2.33. The van der Waals surface area contributed by atoms with Crippen LogP contribution in [0.4, 0.5) is 16.4 Å². The number of carbonyl (C=O) groups is 2. The van der Waals surface area contributed by atoms with Crippen LogP contribution in [0, 0.1) is 18.4 Å². The first-order valence-electron chi connectivity index (χ1n) is 10.3. The second-order valence-electron chi connectivity index (χ2n) is 8.20. The monoisotopic (exact) mass is 418 g/mol. The Bertz CT molecular complexity index is 1040. The fourth-order valence-electron chi connectivity index (χ4n) is 4.88. The van der Waals surface area contributed by atoms with Gasteiger partial charge >= 0.3 is 6.09 Å². The van der Waals surface area contributed by atoms with E-state index >= 15 is 0 Å². The second kappa shape index (κ2) is 7.23. The first-order chi connectivity index (χ1) is 15.0. The van der Waals surface area contributed by atoms with E-state index in [1.165, 1.54) is 6.92 Å². The number of hydrogen-bond donors (Lipinski definition) is 1. The Morgan fingerprint density at radius 1 is 1.23 bits per heavy atom. The van der Waals surface area contributed by atoms with Gasteiger partial charge in [0.05, 0.1) is 24.9 Å². The Kier molecular flexibility index (Phi) is 4.50. The number of carbonyl (C=O) groups excluding carboxylic acids is 2.